The predicted octanol–water partition coefficient (Wildman–Crippen LogP) is 3.16. The van der Waals surface area contributed by atoms with E-state index in [9.17, 15) is 4.79 Å². The molecule has 0 aliphatic carbocycles. The van der Waals surface area contributed by atoms with Crippen LogP contribution in [-0.2, 0) is 0 Å². The van der Waals surface area contributed by atoms with Gasteiger partial charge in [-0.15, -0.1) is 11.3 Å². The van der Waals surface area contributed by atoms with Crippen LogP contribution in [0.1, 0.15) is 27.8 Å². The fourth-order valence-corrected chi connectivity index (χ4v) is 3.31. The molecule has 0 radical (unpaired) electrons. The molecule has 1 N–H and O–H groups in total. The summed E-state index contributed by atoms with van der Waals surface area (Å²) in [6.07, 6.45) is 2.46. The summed E-state index contributed by atoms with van der Waals surface area (Å²) in [7, 11) is 0. The van der Waals surface area contributed by atoms with E-state index in [0.29, 0.717) is 11.5 Å². The molecule has 0 aromatic carbocycles. The minimum atomic E-state index is -0.0849. The predicted molar refractivity (Wildman–Crippen MR) is 76.6 cm³/mol. The lowest BCUT2D eigenvalue weighted by Crippen LogP contribution is -2.32. The van der Waals surface area contributed by atoms with Crippen molar-refractivity contribution in [1.82, 2.24) is 10.3 Å². The van der Waals surface area contributed by atoms with Gasteiger partial charge in [0.15, 0.2) is 0 Å². The number of pyridine rings is 1. The Morgan fingerprint density at radius 1 is 1.47 bits per heavy atom. The van der Waals surface area contributed by atoms with E-state index < -0.39 is 0 Å². The molecule has 1 atom stereocenters. The van der Waals surface area contributed by atoms with Gasteiger partial charge in [0.1, 0.15) is 11.4 Å². The van der Waals surface area contributed by atoms with Crippen LogP contribution in [0, 0.1) is 0 Å². The lowest BCUT2D eigenvalue weighted by molar-refractivity contribution is 0.0927. The number of aromatic nitrogens is 1. The minimum absolute atomic E-state index is 0.0702. The van der Waals surface area contributed by atoms with E-state index >= 15 is 0 Å². The van der Waals surface area contributed by atoms with Crippen molar-refractivity contribution >= 4 is 33.2 Å². The standard InChI is InChI=1S/C13H11BrN2O2S/c14-11-4-3-10(19-11)13(17)16-8-5-7-18-9-2-1-6-15-12(8)9/h1-4,6,8H,5,7H2,(H,16,17). The van der Waals surface area contributed by atoms with Crippen molar-refractivity contribution in [2.45, 2.75) is 12.5 Å². The molecular formula is C13H11BrN2O2S. The first-order chi connectivity index (χ1) is 9.24. The molecule has 0 saturated carbocycles. The van der Waals surface area contributed by atoms with E-state index in [4.69, 9.17) is 4.74 Å². The fraction of sp³-hybridized carbons (Fsp3) is 0.231. The van der Waals surface area contributed by atoms with Gasteiger partial charge in [0, 0.05) is 12.6 Å². The average molecular weight is 339 g/mol. The van der Waals surface area contributed by atoms with Gasteiger partial charge in [0.05, 0.1) is 21.3 Å². The molecular weight excluding hydrogens is 328 g/mol. The van der Waals surface area contributed by atoms with Gasteiger partial charge in [-0.3, -0.25) is 9.78 Å². The lowest BCUT2D eigenvalue weighted by atomic mass is 10.1. The number of carbonyl (C=O) groups is 1. The van der Waals surface area contributed by atoms with E-state index in [1.165, 1.54) is 11.3 Å². The molecule has 0 bridgehead atoms. The Bertz CT molecular complexity index is 614. The number of thiophene rings is 1. The highest BCUT2D eigenvalue weighted by Gasteiger charge is 2.24. The first-order valence-electron chi connectivity index (χ1n) is 5.88. The Kier molecular flexibility index (Phi) is 3.52. The Hall–Kier alpha value is -1.40. The number of fused-ring (bicyclic) bond motifs is 1. The second-order valence-electron chi connectivity index (χ2n) is 4.15. The van der Waals surface area contributed by atoms with Gasteiger partial charge in [0.25, 0.3) is 5.91 Å². The van der Waals surface area contributed by atoms with Gasteiger partial charge < -0.3 is 10.1 Å². The Morgan fingerprint density at radius 2 is 2.37 bits per heavy atom. The smallest absolute Gasteiger partial charge is 0.261 e. The molecule has 0 spiro atoms. The average Bonchev–Trinajstić information content (AvgIpc) is 2.86. The van der Waals surface area contributed by atoms with Crippen LogP contribution in [0.15, 0.2) is 34.2 Å². The number of hydrogen-bond donors (Lipinski definition) is 1. The van der Waals surface area contributed by atoms with Crippen molar-refractivity contribution in [1.29, 1.82) is 0 Å². The Morgan fingerprint density at radius 3 is 3.16 bits per heavy atom. The summed E-state index contributed by atoms with van der Waals surface area (Å²) in [5.74, 6) is 0.686. The van der Waals surface area contributed by atoms with Crippen LogP contribution in [-0.4, -0.2) is 17.5 Å². The van der Waals surface area contributed by atoms with E-state index in [1.807, 2.05) is 24.3 Å². The van der Waals surface area contributed by atoms with Crippen LogP contribution >= 0.6 is 27.3 Å². The molecule has 1 aliphatic heterocycles. The van der Waals surface area contributed by atoms with Crippen molar-refractivity contribution < 1.29 is 9.53 Å². The largest absolute Gasteiger partial charge is 0.491 e. The summed E-state index contributed by atoms with van der Waals surface area (Å²) >= 11 is 4.78. The van der Waals surface area contributed by atoms with Crippen LogP contribution in [0.5, 0.6) is 5.75 Å². The normalized spacial score (nSPS) is 17.4. The molecule has 1 amide bonds. The highest BCUT2D eigenvalue weighted by molar-refractivity contribution is 9.11. The summed E-state index contributed by atoms with van der Waals surface area (Å²) < 4.78 is 6.47. The zero-order chi connectivity index (χ0) is 13.2. The monoisotopic (exact) mass is 338 g/mol. The summed E-state index contributed by atoms with van der Waals surface area (Å²) in [6.45, 7) is 0.595. The third kappa shape index (κ3) is 2.64. The van der Waals surface area contributed by atoms with E-state index in [1.54, 1.807) is 6.20 Å². The quantitative estimate of drug-likeness (QED) is 0.914. The third-order valence-electron chi connectivity index (χ3n) is 2.90. The minimum Gasteiger partial charge on any atom is -0.491 e. The summed E-state index contributed by atoms with van der Waals surface area (Å²) in [5.41, 5.74) is 0.803. The molecule has 3 rings (SSSR count). The molecule has 98 valence electrons. The maximum atomic E-state index is 12.1. The lowest BCUT2D eigenvalue weighted by Gasteiger charge is -2.25. The van der Waals surface area contributed by atoms with Gasteiger partial charge in [-0.05, 0) is 40.2 Å². The molecule has 1 unspecified atom stereocenters. The first kappa shape index (κ1) is 12.6. The van der Waals surface area contributed by atoms with Crippen molar-refractivity contribution in [3.8, 4) is 5.75 Å². The van der Waals surface area contributed by atoms with E-state index in [-0.39, 0.29) is 11.9 Å². The first-order valence-corrected chi connectivity index (χ1v) is 7.49. The van der Waals surface area contributed by atoms with Crippen LogP contribution in [0.2, 0.25) is 0 Å². The third-order valence-corrected chi connectivity index (χ3v) is 4.52. The zero-order valence-corrected chi connectivity index (χ0v) is 12.3. The van der Waals surface area contributed by atoms with Crippen molar-refractivity contribution in [2.24, 2.45) is 0 Å². The van der Waals surface area contributed by atoms with Gasteiger partial charge in [-0.2, -0.15) is 0 Å². The van der Waals surface area contributed by atoms with E-state index in [2.05, 4.69) is 26.2 Å². The number of nitrogens with one attached hydrogen (secondary N) is 1. The van der Waals surface area contributed by atoms with Crippen molar-refractivity contribution in [3.63, 3.8) is 0 Å². The maximum Gasteiger partial charge on any atom is 0.261 e. The number of carbonyl (C=O) groups excluding carboxylic acids is 1. The van der Waals surface area contributed by atoms with Crippen LogP contribution in [0.4, 0.5) is 0 Å². The van der Waals surface area contributed by atoms with Crippen LogP contribution in [0.25, 0.3) is 0 Å². The fourth-order valence-electron chi connectivity index (χ4n) is 2.02. The summed E-state index contributed by atoms with van der Waals surface area (Å²) in [4.78, 5) is 17.1. The Labute approximate surface area is 122 Å². The van der Waals surface area contributed by atoms with Crippen molar-refractivity contribution in [3.05, 3.63) is 44.8 Å². The molecule has 2 aromatic heterocycles. The van der Waals surface area contributed by atoms with Gasteiger partial charge >= 0.3 is 0 Å². The molecule has 0 saturated heterocycles. The molecule has 6 heteroatoms. The zero-order valence-electron chi connectivity index (χ0n) is 9.93. The number of halogens is 1. The number of nitrogens with zero attached hydrogens (tertiary/aromatic N) is 1. The van der Waals surface area contributed by atoms with E-state index in [0.717, 1.165) is 21.7 Å². The van der Waals surface area contributed by atoms with Gasteiger partial charge in [-0.1, -0.05) is 0 Å². The van der Waals surface area contributed by atoms with Crippen molar-refractivity contribution in [2.75, 3.05) is 6.61 Å². The molecule has 4 nitrogen and oxygen atoms in total. The summed E-state index contributed by atoms with van der Waals surface area (Å²) in [5, 5.41) is 3.01. The molecule has 19 heavy (non-hydrogen) atoms. The SMILES string of the molecule is O=C(NC1CCOc2cccnc21)c1ccc(Br)s1. The second kappa shape index (κ2) is 5.30. The highest BCUT2D eigenvalue weighted by Crippen LogP contribution is 2.30. The van der Waals surface area contributed by atoms with Gasteiger partial charge in [0.2, 0.25) is 0 Å². The van der Waals surface area contributed by atoms with Crippen LogP contribution < -0.4 is 10.1 Å². The number of rotatable bonds is 2. The summed E-state index contributed by atoms with van der Waals surface area (Å²) in [6, 6.07) is 7.30. The van der Waals surface area contributed by atoms with Crippen LogP contribution in [0.3, 0.4) is 0 Å². The molecule has 0 fully saturated rings. The number of hydrogen-bond acceptors (Lipinski definition) is 4. The number of amides is 1. The highest BCUT2D eigenvalue weighted by atomic mass is 79.9. The Balaban J connectivity index is 1.79. The molecule has 3 heterocycles. The molecule has 2 aromatic rings. The molecule has 1 aliphatic rings. The second-order valence-corrected chi connectivity index (χ2v) is 6.62. The number of ether oxygens (including phenoxy) is 1. The van der Waals surface area contributed by atoms with Gasteiger partial charge in [-0.25, -0.2) is 0 Å². The topological polar surface area (TPSA) is 51.2 Å². The maximum absolute atomic E-state index is 12.1.